The molecule has 0 spiro atoms. The molecule has 2 bridgehead atoms. The average Bonchev–Trinajstić information content (AvgIpc) is 3.35. The van der Waals surface area contributed by atoms with Crippen molar-refractivity contribution in [2.24, 2.45) is 16.7 Å². The van der Waals surface area contributed by atoms with Crippen molar-refractivity contribution in [3.8, 4) is 0 Å². The summed E-state index contributed by atoms with van der Waals surface area (Å²) >= 11 is 10.2. The summed E-state index contributed by atoms with van der Waals surface area (Å²) in [4.78, 5) is 3.73. The van der Waals surface area contributed by atoms with Gasteiger partial charge in [0.1, 0.15) is 0 Å². The molecule has 1 aliphatic carbocycles. The monoisotopic (exact) mass is 674 g/mol. The van der Waals surface area contributed by atoms with Gasteiger partial charge in [0, 0.05) is 16.7 Å². The van der Waals surface area contributed by atoms with Crippen molar-refractivity contribution in [1.82, 2.24) is 4.90 Å². The second kappa shape index (κ2) is 31.3. The predicted molar refractivity (Wildman–Crippen MR) is 224 cm³/mol. The number of fused-ring (bicyclic) bond motifs is 6. The summed E-state index contributed by atoms with van der Waals surface area (Å²) < 4.78 is 0. The van der Waals surface area contributed by atoms with Gasteiger partial charge in [-0.1, -0.05) is 111 Å². The fraction of sp³-hybridized carbons (Fsp3) is 0.750. The van der Waals surface area contributed by atoms with E-state index in [-0.39, 0.29) is 22.3 Å². The van der Waals surface area contributed by atoms with Gasteiger partial charge in [0.05, 0.1) is 0 Å². The minimum Gasteiger partial charge on any atom is -0.303 e. The zero-order valence-corrected chi connectivity index (χ0v) is 32.4. The second-order valence-corrected chi connectivity index (χ2v) is 12.3. The number of nitrogens with zero attached hydrogens (tertiary/aromatic N) is 1. The number of piperidine rings is 3. The number of rotatable bonds is 2. The molecule has 4 saturated heterocycles. The molecule has 0 aromatic heterocycles. The lowest BCUT2D eigenvalue weighted by Gasteiger charge is -2.51. The average molecular weight is 674 g/mol. The Morgan fingerprint density at radius 3 is 1.77 bits per heavy atom. The summed E-state index contributed by atoms with van der Waals surface area (Å²) in [5.41, 5.74) is 6.71. The molecular weight excluding hydrogens is 591 g/mol. The Morgan fingerprint density at radius 2 is 1.41 bits per heavy atom. The largest absolute Gasteiger partial charge is 0.303 e. The van der Waals surface area contributed by atoms with Crippen LogP contribution in [0, 0.1) is 16.7 Å². The lowest BCUT2D eigenvalue weighted by Crippen LogP contribution is -2.52. The second-order valence-electron chi connectivity index (χ2n) is 10.6. The number of hydrogen-bond acceptors (Lipinski definition) is 4. The zero-order valence-electron chi connectivity index (χ0n) is 29.8. The van der Waals surface area contributed by atoms with Gasteiger partial charge < -0.3 is 4.90 Å². The summed E-state index contributed by atoms with van der Waals surface area (Å²) in [7, 11) is 0. The Labute approximate surface area is 297 Å². The molecule has 5 aliphatic rings. The van der Waals surface area contributed by atoms with Crippen LogP contribution in [-0.2, 0) is 6.42 Å². The van der Waals surface area contributed by atoms with Crippen molar-refractivity contribution in [3.05, 3.63) is 48.6 Å². The summed E-state index contributed by atoms with van der Waals surface area (Å²) in [5, 5.41) is 0.673. The van der Waals surface area contributed by atoms with Crippen LogP contribution in [0.15, 0.2) is 36.8 Å². The van der Waals surface area contributed by atoms with Gasteiger partial charge in [-0.25, -0.2) is 0 Å². The molecule has 3 atom stereocenters. The third kappa shape index (κ3) is 15.5. The van der Waals surface area contributed by atoms with Crippen molar-refractivity contribution in [1.29, 1.82) is 0 Å². The zero-order chi connectivity index (χ0) is 32.8. The normalized spacial score (nSPS) is 25.4. The first kappa shape index (κ1) is 56.1. The SMILES string of the molecule is C.C.C.C=C.C=C(C)c1cc(S)cc2c1C[C@@]1(C)CCCSC21.CC.CC.CC.CC.CC[C@@]1(C)CN2CCC1CC2.CS. The van der Waals surface area contributed by atoms with Crippen LogP contribution in [0.1, 0.15) is 159 Å². The van der Waals surface area contributed by atoms with E-state index in [4.69, 9.17) is 0 Å². The minimum absolute atomic E-state index is 0. The van der Waals surface area contributed by atoms with Crippen LogP contribution >= 0.6 is 37.0 Å². The van der Waals surface area contributed by atoms with E-state index in [1.807, 2.05) is 55.4 Å². The van der Waals surface area contributed by atoms with E-state index >= 15 is 0 Å². The van der Waals surface area contributed by atoms with E-state index in [9.17, 15) is 0 Å². The summed E-state index contributed by atoms with van der Waals surface area (Å²) in [6.45, 7) is 39.7. The van der Waals surface area contributed by atoms with Crippen molar-refractivity contribution >= 4 is 42.6 Å². The standard InChI is InChI=1S/C16H20S2.C10H19N.4C2H6.C2H4.CH4S.3CH4/c1-10(2)12-7-11(17)8-13-14(12)9-16(3)5-4-6-18-15(13)16;1-3-10(2)8-11-6-4-9(10)5-7-11;6*1-2;;;/h7-8,15,17H,1,4-6,9H2,2-3H3;9H,3-8H2,1-2H3;4*1-2H3;1-2H2;2H,1H3;3*1H4/t15?,16-;10-;;;;;;;;;/m10........./s1. The van der Waals surface area contributed by atoms with Crippen molar-refractivity contribution in [3.63, 3.8) is 0 Å². The number of benzene rings is 1. The topological polar surface area (TPSA) is 3.24 Å². The van der Waals surface area contributed by atoms with Crippen molar-refractivity contribution in [2.75, 3.05) is 31.6 Å². The Kier molecular flexibility index (Phi) is 39.9. The molecule has 6 rings (SSSR count). The van der Waals surface area contributed by atoms with Gasteiger partial charge in [0.15, 0.2) is 0 Å². The van der Waals surface area contributed by atoms with E-state index < -0.39 is 0 Å². The van der Waals surface area contributed by atoms with E-state index in [1.54, 1.807) is 11.8 Å². The van der Waals surface area contributed by atoms with Crippen LogP contribution in [0.4, 0.5) is 0 Å². The number of hydrogen-bond donors (Lipinski definition) is 2. The minimum atomic E-state index is 0. The fourth-order valence-electron chi connectivity index (χ4n) is 6.38. The molecule has 44 heavy (non-hydrogen) atoms. The van der Waals surface area contributed by atoms with Gasteiger partial charge in [-0.15, -0.1) is 25.8 Å². The van der Waals surface area contributed by atoms with E-state index in [0.717, 1.165) is 10.8 Å². The van der Waals surface area contributed by atoms with E-state index in [0.29, 0.717) is 16.1 Å². The fourth-order valence-corrected chi connectivity index (χ4v) is 8.19. The molecule has 0 amide bonds. The maximum Gasteiger partial charge on any atom is 0.0357 e. The molecule has 4 heteroatoms. The Hall–Kier alpha value is -0.290. The lowest BCUT2D eigenvalue weighted by molar-refractivity contribution is -0.0190. The molecule has 4 aliphatic heterocycles. The van der Waals surface area contributed by atoms with E-state index in [1.165, 1.54) is 80.6 Å². The summed E-state index contributed by atoms with van der Waals surface area (Å²) in [6.07, 6.45) is 9.93. The van der Waals surface area contributed by atoms with Crippen molar-refractivity contribution in [2.45, 2.75) is 154 Å². The molecule has 4 fully saturated rings. The highest BCUT2D eigenvalue weighted by Crippen LogP contribution is 2.59. The van der Waals surface area contributed by atoms with Gasteiger partial charge in [0.2, 0.25) is 0 Å². The van der Waals surface area contributed by atoms with Gasteiger partial charge in [-0.05, 0) is 116 Å². The number of allylic oxidation sites excluding steroid dienone is 1. The Morgan fingerprint density at radius 1 is 0.932 bits per heavy atom. The molecule has 266 valence electrons. The summed E-state index contributed by atoms with van der Waals surface area (Å²) in [6, 6.07) is 4.48. The maximum absolute atomic E-state index is 4.58. The first-order chi connectivity index (χ1) is 19.8. The molecule has 0 N–H and O–H groups in total. The highest BCUT2D eigenvalue weighted by atomic mass is 32.2. The van der Waals surface area contributed by atoms with Crippen LogP contribution in [0.5, 0.6) is 0 Å². The van der Waals surface area contributed by atoms with Gasteiger partial charge in [-0.3, -0.25) is 0 Å². The predicted octanol–water partition coefficient (Wildman–Crippen LogP) is 14.6. The molecule has 0 saturated carbocycles. The van der Waals surface area contributed by atoms with Crippen LogP contribution in [0.3, 0.4) is 0 Å². The van der Waals surface area contributed by atoms with Crippen LogP contribution in [-0.4, -0.2) is 36.5 Å². The number of thiol groups is 2. The number of thioether (sulfide) groups is 1. The highest BCUT2D eigenvalue weighted by molar-refractivity contribution is 7.99. The quantitative estimate of drug-likeness (QED) is 0.238. The molecule has 1 aromatic carbocycles. The molecule has 4 heterocycles. The van der Waals surface area contributed by atoms with Gasteiger partial charge in [-0.2, -0.15) is 24.4 Å². The van der Waals surface area contributed by atoms with Gasteiger partial charge >= 0.3 is 0 Å². The maximum atomic E-state index is 4.58. The van der Waals surface area contributed by atoms with Crippen LogP contribution in [0.25, 0.3) is 5.57 Å². The smallest absolute Gasteiger partial charge is 0.0357 e. The molecule has 0 radical (unpaired) electrons. The first-order valence-corrected chi connectivity index (χ1v) is 18.9. The lowest BCUT2D eigenvalue weighted by atomic mass is 9.66. The first-order valence-electron chi connectivity index (χ1n) is 16.6. The Balaban J connectivity index is -0.000000121. The van der Waals surface area contributed by atoms with Crippen LogP contribution < -0.4 is 0 Å². The third-order valence-electron chi connectivity index (χ3n) is 8.37. The Bertz CT molecular complexity index is 800. The van der Waals surface area contributed by atoms with Crippen molar-refractivity contribution < 1.29 is 0 Å². The van der Waals surface area contributed by atoms with Gasteiger partial charge in [0.25, 0.3) is 0 Å². The molecule has 1 aromatic rings. The van der Waals surface area contributed by atoms with Crippen LogP contribution in [0.2, 0.25) is 0 Å². The van der Waals surface area contributed by atoms with E-state index in [2.05, 4.69) is 101 Å². The highest BCUT2D eigenvalue weighted by Gasteiger charge is 2.45. The molecular formula is C40H83NS3. The molecule has 1 nitrogen and oxygen atoms in total. The third-order valence-corrected chi connectivity index (χ3v) is 10.3. The molecule has 1 unspecified atom stereocenters. The summed E-state index contributed by atoms with van der Waals surface area (Å²) in [5.74, 6) is 2.34.